The van der Waals surface area contributed by atoms with Crippen LogP contribution in [0.3, 0.4) is 0 Å². The first-order chi connectivity index (χ1) is 39.3. The first kappa shape index (κ1) is 56.7. The summed E-state index contributed by atoms with van der Waals surface area (Å²) in [5.74, 6) is 10.1. The maximum Gasteiger partial charge on any atom is 0.222 e. The van der Waals surface area contributed by atoms with Gasteiger partial charge in [-0.2, -0.15) is 10.2 Å². The number of ether oxygens (including phenoxy) is 4. The smallest absolute Gasteiger partial charge is 0.222 e. The number of benzene rings is 2. The van der Waals surface area contributed by atoms with E-state index in [1.807, 2.05) is 85.6 Å². The maximum atomic E-state index is 6.26. The summed E-state index contributed by atoms with van der Waals surface area (Å²) in [4.78, 5) is 41.8. The predicted octanol–water partition coefficient (Wildman–Crippen LogP) is 11.5. The molecule has 10 rings (SSSR count). The Balaban J connectivity index is 0.000000196. The number of nitrogens with two attached hydrogens (primary N) is 1. The lowest BCUT2D eigenvalue weighted by molar-refractivity contribution is 0.328. The normalized spacial score (nSPS) is 11.2. The van der Waals surface area contributed by atoms with E-state index in [1.54, 1.807) is 51.1 Å². The first-order valence-electron chi connectivity index (χ1n) is 26.8. The van der Waals surface area contributed by atoms with Crippen LogP contribution in [0.5, 0.6) is 23.3 Å². The minimum absolute atomic E-state index is 0.110. The topological polar surface area (TPSA) is 220 Å². The number of aryl methyl sites for hydroxylation is 2. The number of nitrogens with zero attached hydrogens (tertiary/aromatic N) is 14. The molecule has 418 valence electrons. The molecule has 81 heavy (non-hydrogen) atoms. The van der Waals surface area contributed by atoms with Crippen molar-refractivity contribution in [1.29, 1.82) is 0 Å². The second kappa shape index (κ2) is 25.8. The molecular weight excluding hydrogens is 1040 g/mol. The molecule has 10 aromatic rings. The van der Waals surface area contributed by atoms with Crippen molar-refractivity contribution in [2.75, 3.05) is 42.7 Å². The van der Waals surface area contributed by atoms with Crippen molar-refractivity contribution in [3.8, 4) is 45.8 Å². The lowest BCUT2D eigenvalue weighted by Crippen LogP contribution is -2.25. The van der Waals surface area contributed by atoms with Crippen LogP contribution in [-0.2, 0) is 26.2 Å². The summed E-state index contributed by atoms with van der Waals surface area (Å²) < 4.78 is 26.6. The molecule has 8 aromatic heterocycles. The number of nitrogen functional groups attached to an aromatic ring is 1. The minimum atomic E-state index is 0.110. The van der Waals surface area contributed by atoms with Crippen molar-refractivity contribution < 1.29 is 18.9 Å². The molecule has 0 fully saturated rings. The summed E-state index contributed by atoms with van der Waals surface area (Å²) in [5, 5.41) is 10.2. The zero-order chi connectivity index (χ0) is 57.2. The quantitative estimate of drug-likeness (QED) is 0.0388. The van der Waals surface area contributed by atoms with Gasteiger partial charge in [-0.05, 0) is 133 Å². The molecule has 0 saturated carbocycles. The number of methoxy groups -OCH3 is 2. The van der Waals surface area contributed by atoms with E-state index < -0.39 is 0 Å². The van der Waals surface area contributed by atoms with Gasteiger partial charge in [0.2, 0.25) is 11.8 Å². The van der Waals surface area contributed by atoms with Gasteiger partial charge in [0.15, 0.2) is 0 Å². The van der Waals surface area contributed by atoms with Crippen LogP contribution < -0.4 is 40.0 Å². The molecule has 0 aliphatic heterocycles. The molecule has 0 amide bonds. The fourth-order valence-electron chi connectivity index (χ4n) is 9.41. The fourth-order valence-corrected chi connectivity index (χ4v) is 9.56. The van der Waals surface area contributed by atoms with Gasteiger partial charge in [-0.3, -0.25) is 9.36 Å². The zero-order valence-electron chi connectivity index (χ0n) is 47.3. The number of hydrogen-bond donors (Lipinski definition) is 2. The van der Waals surface area contributed by atoms with Crippen molar-refractivity contribution in [2.24, 2.45) is 5.84 Å². The second-order valence-electron chi connectivity index (χ2n) is 19.5. The number of fused-ring (bicyclic) bond motifs is 2. The molecule has 8 heterocycles. The van der Waals surface area contributed by atoms with E-state index >= 15 is 0 Å². The van der Waals surface area contributed by atoms with Crippen LogP contribution in [0.25, 0.3) is 44.6 Å². The number of rotatable bonds is 21. The highest BCUT2D eigenvalue weighted by atomic mass is 35.5. The number of hydrogen-bond acceptors (Lipinski definition) is 18. The molecule has 0 spiro atoms. The van der Waals surface area contributed by atoms with Crippen LogP contribution in [0.4, 0.5) is 17.2 Å². The number of aromatic nitrogens is 12. The van der Waals surface area contributed by atoms with Gasteiger partial charge in [-0.1, -0.05) is 35.9 Å². The lowest BCUT2D eigenvalue weighted by Gasteiger charge is -2.27. The Kier molecular flexibility index (Phi) is 18.1. The summed E-state index contributed by atoms with van der Waals surface area (Å²) in [5.41, 5.74) is 15.0. The molecule has 21 heteroatoms. The van der Waals surface area contributed by atoms with Crippen molar-refractivity contribution in [1.82, 2.24) is 59.4 Å². The van der Waals surface area contributed by atoms with Gasteiger partial charge in [0.1, 0.15) is 56.2 Å². The summed E-state index contributed by atoms with van der Waals surface area (Å²) in [6.45, 7) is 19.3. The average molecular weight is 1110 g/mol. The molecule has 0 radical (unpaired) electrons. The third-order valence-corrected chi connectivity index (χ3v) is 13.4. The van der Waals surface area contributed by atoms with Gasteiger partial charge in [0.25, 0.3) is 0 Å². The number of anilines is 3. The van der Waals surface area contributed by atoms with Crippen LogP contribution in [0, 0.1) is 13.8 Å². The highest BCUT2D eigenvalue weighted by molar-refractivity contribution is 6.29. The van der Waals surface area contributed by atoms with Gasteiger partial charge in [-0.25, -0.2) is 45.7 Å². The van der Waals surface area contributed by atoms with Gasteiger partial charge < -0.3 is 34.2 Å². The van der Waals surface area contributed by atoms with E-state index in [0.717, 1.165) is 90.0 Å². The highest BCUT2D eigenvalue weighted by Crippen LogP contribution is 2.40. The Labute approximate surface area is 476 Å². The number of hydrazine groups is 1. The van der Waals surface area contributed by atoms with Gasteiger partial charge >= 0.3 is 0 Å². The van der Waals surface area contributed by atoms with Crippen LogP contribution in [-0.4, -0.2) is 86.9 Å². The van der Waals surface area contributed by atoms with E-state index in [0.29, 0.717) is 73.8 Å². The van der Waals surface area contributed by atoms with Crippen LogP contribution in [0.2, 0.25) is 5.15 Å². The summed E-state index contributed by atoms with van der Waals surface area (Å²) in [7, 11) is 3.33. The molecule has 0 unspecified atom stereocenters. The second-order valence-corrected chi connectivity index (χ2v) is 19.9. The number of pyridine rings is 4. The van der Waals surface area contributed by atoms with Crippen LogP contribution in [0.1, 0.15) is 87.8 Å². The SMILES string of the molecule is CCOc1ncccc1-c1cc(N(Cc2ccc(OC)cc2)Cc2nccc(Cl)n2)c2c(n1)c(C)nn2C(C)C.CCOc1ncccc1-c1cc(N(Cc2ccc(OC)cc2)Cc2nccc(NN)n2)c2c(n1)c(C)nn2C(C)C. The summed E-state index contributed by atoms with van der Waals surface area (Å²) >= 11 is 6.26. The van der Waals surface area contributed by atoms with Crippen LogP contribution >= 0.6 is 11.6 Å². The third-order valence-electron chi connectivity index (χ3n) is 13.2. The number of halogens is 1. The first-order valence-corrected chi connectivity index (χ1v) is 27.1. The standard InChI is InChI=1S/C30H32ClN7O2.C30H35N9O2/c1-6-40-30-23(8-7-14-33-30)24-16-25(29-28(34-24)20(4)36-38(29)19(2)3)37(18-27-32-15-13-26(31)35-27)17-21-9-11-22(39-5)12-10-21;1-6-41-30-23(8-7-14-33-30)24-16-25(29-28(34-24)20(4)37-39(29)19(2)3)38(17-21-9-11-22(40-5)12-10-21)18-27-32-15-13-26(35-27)36-31/h7-16,19H,6,17-18H2,1-5H3;7-16,19H,6,17-18,31H2,1-5H3,(H,32,35,36). The zero-order valence-corrected chi connectivity index (χ0v) is 48.0. The van der Waals surface area contributed by atoms with E-state index in [9.17, 15) is 0 Å². The van der Waals surface area contributed by atoms with Gasteiger partial charge in [0.05, 0.1) is 85.8 Å². The molecule has 0 bridgehead atoms. The highest BCUT2D eigenvalue weighted by Gasteiger charge is 2.26. The minimum Gasteiger partial charge on any atom is -0.497 e. The Morgan fingerprint density at radius 1 is 0.556 bits per heavy atom. The Hall–Kier alpha value is -9.01. The van der Waals surface area contributed by atoms with Gasteiger partial charge in [-0.15, -0.1) is 0 Å². The Bertz CT molecular complexity index is 3740. The average Bonchev–Trinajstić information content (AvgIpc) is 4.26. The van der Waals surface area contributed by atoms with Crippen LogP contribution in [0.15, 0.2) is 122 Å². The van der Waals surface area contributed by atoms with Crippen molar-refractivity contribution in [3.05, 3.63) is 161 Å². The van der Waals surface area contributed by atoms with Crippen molar-refractivity contribution >= 4 is 50.9 Å². The van der Waals surface area contributed by atoms with E-state index in [4.69, 9.17) is 56.6 Å². The lowest BCUT2D eigenvalue weighted by atomic mass is 10.1. The fraction of sp³-hybridized carbons (Fsp3) is 0.300. The van der Waals surface area contributed by atoms with E-state index in [1.165, 1.54) is 0 Å². The molecule has 0 atom stereocenters. The van der Waals surface area contributed by atoms with E-state index in [2.05, 4.69) is 109 Å². The molecule has 2 aromatic carbocycles. The van der Waals surface area contributed by atoms with E-state index in [-0.39, 0.29) is 12.1 Å². The maximum absolute atomic E-state index is 6.26. The Morgan fingerprint density at radius 3 is 1.41 bits per heavy atom. The largest absolute Gasteiger partial charge is 0.497 e. The molecular formula is C60H67ClN16O4. The molecule has 0 saturated heterocycles. The molecule has 3 N–H and O–H groups in total. The molecule has 0 aliphatic rings. The molecule has 0 aliphatic carbocycles. The monoisotopic (exact) mass is 1110 g/mol. The summed E-state index contributed by atoms with van der Waals surface area (Å²) in [6.07, 6.45) is 6.82. The third kappa shape index (κ3) is 13.0. The predicted molar refractivity (Wildman–Crippen MR) is 317 cm³/mol. The molecule has 20 nitrogen and oxygen atoms in total. The van der Waals surface area contributed by atoms with Crippen molar-refractivity contribution in [3.63, 3.8) is 0 Å². The van der Waals surface area contributed by atoms with Crippen molar-refractivity contribution in [2.45, 2.75) is 93.7 Å². The summed E-state index contributed by atoms with van der Waals surface area (Å²) in [6, 6.07) is 31.6. The number of nitrogens with one attached hydrogen (secondary N) is 1. The Morgan fingerprint density at radius 2 is 1.00 bits per heavy atom. The van der Waals surface area contributed by atoms with Gasteiger partial charge in [0, 0.05) is 56.0 Å².